The monoisotopic (exact) mass is 237 g/mol. The number of rotatable bonds is 3. The molecule has 0 saturated carbocycles. The first kappa shape index (κ1) is 11.6. The van der Waals surface area contributed by atoms with E-state index in [-0.39, 0.29) is 18.2 Å². The largest absolute Gasteiger partial charge is 0.481 e. The van der Waals surface area contributed by atoms with Gasteiger partial charge in [0.05, 0.1) is 24.6 Å². The average molecular weight is 237 g/mol. The van der Waals surface area contributed by atoms with Gasteiger partial charge in [-0.25, -0.2) is 4.68 Å². The van der Waals surface area contributed by atoms with Gasteiger partial charge in [-0.1, -0.05) is 13.8 Å². The Morgan fingerprint density at radius 3 is 3.00 bits per heavy atom. The average Bonchev–Trinajstić information content (AvgIpc) is 2.60. The molecule has 0 saturated heterocycles. The van der Waals surface area contributed by atoms with Crippen molar-refractivity contribution in [3.05, 3.63) is 11.8 Å². The van der Waals surface area contributed by atoms with Gasteiger partial charge in [0.15, 0.2) is 0 Å². The summed E-state index contributed by atoms with van der Waals surface area (Å²) >= 11 is 0. The number of fused-ring (bicyclic) bond motifs is 1. The highest BCUT2D eigenvalue weighted by Gasteiger charge is 2.29. The third-order valence-electron chi connectivity index (χ3n) is 2.83. The standard InChI is InChI=1S/C11H15N3O3/c1-6(2)8-4-9-12-11(17)7(3-10(15)16)5-14(9)13-8/h4,6-7H,3,5H2,1-2H3,(H,12,17)(H,15,16). The second kappa shape index (κ2) is 4.20. The number of nitrogens with one attached hydrogen (secondary N) is 1. The number of nitrogens with zero attached hydrogens (tertiary/aromatic N) is 2. The second-order valence-corrected chi connectivity index (χ2v) is 4.58. The smallest absolute Gasteiger partial charge is 0.304 e. The number of amides is 1. The van der Waals surface area contributed by atoms with Crippen LogP contribution in [0.25, 0.3) is 0 Å². The number of carboxylic acids is 1. The van der Waals surface area contributed by atoms with Crippen molar-refractivity contribution in [3.8, 4) is 0 Å². The van der Waals surface area contributed by atoms with Crippen molar-refractivity contribution in [2.24, 2.45) is 5.92 Å². The van der Waals surface area contributed by atoms with Crippen molar-refractivity contribution in [1.29, 1.82) is 0 Å². The molecule has 92 valence electrons. The van der Waals surface area contributed by atoms with E-state index in [1.54, 1.807) is 4.68 Å². The van der Waals surface area contributed by atoms with E-state index in [1.807, 2.05) is 19.9 Å². The summed E-state index contributed by atoms with van der Waals surface area (Å²) < 4.78 is 1.67. The van der Waals surface area contributed by atoms with Gasteiger partial charge in [0.2, 0.25) is 5.91 Å². The first-order chi connectivity index (χ1) is 7.97. The van der Waals surface area contributed by atoms with Crippen LogP contribution in [0.2, 0.25) is 0 Å². The fraction of sp³-hybridized carbons (Fsp3) is 0.545. The zero-order chi connectivity index (χ0) is 12.6. The van der Waals surface area contributed by atoms with Crippen molar-refractivity contribution >= 4 is 17.7 Å². The molecule has 1 aliphatic rings. The maximum Gasteiger partial charge on any atom is 0.304 e. The molecule has 1 amide bonds. The third kappa shape index (κ3) is 2.30. The number of hydrogen-bond donors (Lipinski definition) is 2. The minimum Gasteiger partial charge on any atom is -0.481 e. The van der Waals surface area contributed by atoms with Crippen LogP contribution in [0.3, 0.4) is 0 Å². The Kier molecular flexibility index (Phi) is 2.87. The van der Waals surface area contributed by atoms with Crippen LogP contribution in [-0.2, 0) is 16.1 Å². The second-order valence-electron chi connectivity index (χ2n) is 4.58. The summed E-state index contributed by atoms with van der Waals surface area (Å²) in [6.45, 7) is 4.37. The summed E-state index contributed by atoms with van der Waals surface area (Å²) in [7, 11) is 0. The number of carbonyl (C=O) groups is 2. The Morgan fingerprint density at radius 2 is 2.41 bits per heavy atom. The molecule has 2 heterocycles. The van der Waals surface area contributed by atoms with Gasteiger partial charge in [-0.15, -0.1) is 0 Å². The van der Waals surface area contributed by atoms with E-state index in [4.69, 9.17) is 5.11 Å². The molecule has 0 radical (unpaired) electrons. The molecule has 1 unspecified atom stereocenters. The minimum absolute atomic E-state index is 0.165. The van der Waals surface area contributed by atoms with Crippen LogP contribution in [0.5, 0.6) is 0 Å². The van der Waals surface area contributed by atoms with E-state index in [1.165, 1.54) is 0 Å². The molecule has 6 heteroatoms. The van der Waals surface area contributed by atoms with Gasteiger partial charge in [-0.05, 0) is 5.92 Å². The van der Waals surface area contributed by atoms with Gasteiger partial charge >= 0.3 is 5.97 Å². The minimum atomic E-state index is -0.968. The highest BCUT2D eigenvalue weighted by atomic mass is 16.4. The van der Waals surface area contributed by atoms with E-state index < -0.39 is 11.9 Å². The third-order valence-corrected chi connectivity index (χ3v) is 2.83. The molecular weight excluding hydrogens is 222 g/mol. The van der Waals surface area contributed by atoms with Crippen molar-refractivity contribution in [3.63, 3.8) is 0 Å². The van der Waals surface area contributed by atoms with Gasteiger partial charge in [-0.3, -0.25) is 9.59 Å². The Labute approximate surface area is 98.6 Å². The van der Waals surface area contributed by atoms with E-state index in [9.17, 15) is 9.59 Å². The zero-order valence-electron chi connectivity index (χ0n) is 9.80. The Morgan fingerprint density at radius 1 is 1.71 bits per heavy atom. The van der Waals surface area contributed by atoms with Crippen molar-refractivity contribution < 1.29 is 14.7 Å². The number of anilines is 1. The van der Waals surface area contributed by atoms with Crippen molar-refractivity contribution in [2.75, 3.05) is 5.32 Å². The zero-order valence-corrected chi connectivity index (χ0v) is 9.80. The molecule has 1 atom stereocenters. The van der Waals surface area contributed by atoms with Crippen LogP contribution in [0, 0.1) is 5.92 Å². The molecule has 1 aromatic rings. The quantitative estimate of drug-likeness (QED) is 0.823. The molecule has 2 rings (SSSR count). The molecule has 1 aliphatic heterocycles. The maximum atomic E-state index is 11.7. The summed E-state index contributed by atoms with van der Waals surface area (Å²) in [5.74, 6) is -0.817. The molecule has 6 nitrogen and oxygen atoms in total. The summed E-state index contributed by atoms with van der Waals surface area (Å²) in [6.07, 6.45) is -0.165. The van der Waals surface area contributed by atoms with Crippen LogP contribution in [0.4, 0.5) is 5.82 Å². The summed E-state index contributed by atoms with van der Waals surface area (Å²) in [6, 6.07) is 1.83. The topological polar surface area (TPSA) is 84.2 Å². The number of carboxylic acid groups (broad SMARTS) is 1. The van der Waals surface area contributed by atoms with E-state index in [0.717, 1.165) is 5.69 Å². The predicted molar refractivity (Wildman–Crippen MR) is 60.7 cm³/mol. The van der Waals surface area contributed by atoms with Gasteiger partial charge in [0, 0.05) is 6.07 Å². The molecule has 0 aliphatic carbocycles. The first-order valence-corrected chi connectivity index (χ1v) is 5.57. The fourth-order valence-corrected chi connectivity index (χ4v) is 1.85. The van der Waals surface area contributed by atoms with E-state index in [2.05, 4.69) is 10.4 Å². The number of carbonyl (C=O) groups excluding carboxylic acids is 1. The summed E-state index contributed by atoms with van der Waals surface area (Å²) in [4.78, 5) is 22.3. The SMILES string of the molecule is CC(C)c1cc2n(n1)CC(CC(=O)O)C(=O)N2. The van der Waals surface area contributed by atoms with Crippen LogP contribution in [0.15, 0.2) is 6.07 Å². The fourth-order valence-electron chi connectivity index (χ4n) is 1.85. The normalized spacial score (nSPS) is 19.0. The molecule has 1 aromatic heterocycles. The lowest BCUT2D eigenvalue weighted by Crippen LogP contribution is -2.34. The Bertz CT molecular complexity index is 465. The van der Waals surface area contributed by atoms with E-state index >= 15 is 0 Å². The Balaban J connectivity index is 2.22. The Hall–Kier alpha value is -1.85. The lowest BCUT2D eigenvalue weighted by molar-refractivity contribution is -0.140. The van der Waals surface area contributed by atoms with Gasteiger partial charge in [-0.2, -0.15) is 5.10 Å². The molecule has 2 N–H and O–H groups in total. The highest BCUT2D eigenvalue weighted by molar-refractivity contribution is 5.94. The van der Waals surface area contributed by atoms with Gasteiger partial charge < -0.3 is 10.4 Å². The van der Waals surface area contributed by atoms with E-state index in [0.29, 0.717) is 12.4 Å². The van der Waals surface area contributed by atoms with Crippen LogP contribution in [0.1, 0.15) is 31.9 Å². The van der Waals surface area contributed by atoms with Gasteiger partial charge in [0.25, 0.3) is 0 Å². The molecule has 0 aromatic carbocycles. The molecule has 0 spiro atoms. The highest BCUT2D eigenvalue weighted by Crippen LogP contribution is 2.24. The molecule has 17 heavy (non-hydrogen) atoms. The first-order valence-electron chi connectivity index (χ1n) is 5.57. The summed E-state index contributed by atoms with van der Waals surface area (Å²) in [5.41, 5.74) is 0.899. The van der Waals surface area contributed by atoms with Gasteiger partial charge in [0.1, 0.15) is 5.82 Å². The molecule has 0 bridgehead atoms. The molecule has 0 fully saturated rings. The number of hydrogen-bond acceptors (Lipinski definition) is 3. The lowest BCUT2D eigenvalue weighted by Gasteiger charge is -2.21. The van der Waals surface area contributed by atoms with Crippen LogP contribution < -0.4 is 5.32 Å². The number of aliphatic carboxylic acids is 1. The summed E-state index contributed by atoms with van der Waals surface area (Å²) in [5, 5.41) is 15.8. The molecular formula is C11H15N3O3. The number of aromatic nitrogens is 2. The predicted octanol–water partition coefficient (Wildman–Crippen LogP) is 1.05. The lowest BCUT2D eigenvalue weighted by atomic mass is 10.0. The maximum absolute atomic E-state index is 11.7. The van der Waals surface area contributed by atoms with Crippen LogP contribution in [-0.4, -0.2) is 26.8 Å². The van der Waals surface area contributed by atoms with Crippen molar-refractivity contribution in [2.45, 2.75) is 32.7 Å². The van der Waals surface area contributed by atoms with Crippen LogP contribution >= 0.6 is 0 Å². The van der Waals surface area contributed by atoms with Crippen molar-refractivity contribution in [1.82, 2.24) is 9.78 Å².